The fourth-order valence-corrected chi connectivity index (χ4v) is 1.42. The molecule has 0 fully saturated rings. The zero-order valence-corrected chi connectivity index (χ0v) is 8.19. The maximum absolute atomic E-state index is 9.74. The van der Waals surface area contributed by atoms with Gasteiger partial charge in [0.2, 0.25) is 0 Å². The first kappa shape index (κ1) is 11.0. The summed E-state index contributed by atoms with van der Waals surface area (Å²) in [5, 5.41) is 9.74. The molecule has 0 unspecified atom stereocenters. The van der Waals surface area contributed by atoms with E-state index in [-0.39, 0.29) is 0 Å². The van der Waals surface area contributed by atoms with Crippen LogP contribution in [-0.2, 0) is 0 Å². The van der Waals surface area contributed by atoms with Crippen LogP contribution in [0.4, 0.5) is 0 Å². The summed E-state index contributed by atoms with van der Waals surface area (Å²) in [6.07, 6.45) is 6.65. The Bertz CT molecular complexity index is 86.9. The van der Waals surface area contributed by atoms with Gasteiger partial charge in [-0.1, -0.05) is 39.5 Å². The molecule has 0 aliphatic heterocycles. The van der Waals surface area contributed by atoms with E-state index in [1.54, 1.807) is 0 Å². The number of hydrogen-bond donors (Lipinski definition) is 1. The Labute approximate surface area is 70.8 Å². The molecule has 1 atom stereocenters. The second-order valence-electron chi connectivity index (χ2n) is 3.70. The highest BCUT2D eigenvalue weighted by Gasteiger charge is 2.17. The van der Waals surface area contributed by atoms with Gasteiger partial charge in [-0.2, -0.15) is 0 Å². The van der Waals surface area contributed by atoms with Crippen LogP contribution in [0.15, 0.2) is 0 Å². The van der Waals surface area contributed by atoms with E-state index >= 15 is 0 Å². The van der Waals surface area contributed by atoms with Crippen molar-refractivity contribution in [2.75, 3.05) is 0 Å². The van der Waals surface area contributed by atoms with Crippen molar-refractivity contribution >= 4 is 0 Å². The van der Waals surface area contributed by atoms with Gasteiger partial charge < -0.3 is 5.11 Å². The molecule has 0 spiro atoms. The number of hydrogen-bond acceptors (Lipinski definition) is 1. The van der Waals surface area contributed by atoms with Crippen molar-refractivity contribution in [1.29, 1.82) is 0 Å². The molecule has 0 heterocycles. The summed E-state index contributed by atoms with van der Waals surface area (Å²) in [5.74, 6) is 0. The predicted octanol–water partition coefficient (Wildman–Crippen LogP) is 3.12. The molecule has 0 aromatic rings. The Hall–Kier alpha value is -0.0400. The molecule has 0 radical (unpaired) electrons. The summed E-state index contributed by atoms with van der Waals surface area (Å²) in [7, 11) is 0. The lowest BCUT2D eigenvalue weighted by Crippen LogP contribution is -2.23. The Balaban J connectivity index is 3.38. The van der Waals surface area contributed by atoms with Crippen molar-refractivity contribution in [1.82, 2.24) is 0 Å². The molecule has 0 aromatic carbocycles. The minimum atomic E-state index is -0.399. The van der Waals surface area contributed by atoms with Crippen molar-refractivity contribution in [2.24, 2.45) is 0 Å². The van der Waals surface area contributed by atoms with E-state index in [9.17, 15) is 5.11 Å². The van der Waals surface area contributed by atoms with Crippen LogP contribution in [0.3, 0.4) is 0 Å². The lowest BCUT2D eigenvalue weighted by atomic mass is 9.94. The van der Waals surface area contributed by atoms with Gasteiger partial charge in [0.05, 0.1) is 5.60 Å². The van der Waals surface area contributed by atoms with E-state index in [1.165, 1.54) is 19.3 Å². The monoisotopic (exact) mass is 158 g/mol. The largest absolute Gasteiger partial charge is 0.390 e. The summed E-state index contributed by atoms with van der Waals surface area (Å²) < 4.78 is 0. The quantitative estimate of drug-likeness (QED) is 0.589. The Morgan fingerprint density at radius 1 is 1.00 bits per heavy atom. The molecule has 1 nitrogen and oxygen atoms in total. The van der Waals surface area contributed by atoms with Gasteiger partial charge in [-0.25, -0.2) is 0 Å². The van der Waals surface area contributed by atoms with Gasteiger partial charge >= 0.3 is 0 Å². The summed E-state index contributed by atoms with van der Waals surface area (Å²) >= 11 is 0. The number of aliphatic hydroxyl groups is 1. The molecule has 0 amide bonds. The minimum absolute atomic E-state index is 0.399. The highest BCUT2D eigenvalue weighted by Crippen LogP contribution is 2.19. The fourth-order valence-electron chi connectivity index (χ4n) is 1.42. The van der Waals surface area contributed by atoms with Crippen LogP contribution in [0.25, 0.3) is 0 Å². The van der Waals surface area contributed by atoms with Gasteiger partial charge in [0, 0.05) is 0 Å². The van der Waals surface area contributed by atoms with Gasteiger partial charge in [0.1, 0.15) is 0 Å². The molecule has 0 aliphatic rings. The molecule has 68 valence electrons. The lowest BCUT2D eigenvalue weighted by molar-refractivity contribution is 0.0387. The molecule has 0 bridgehead atoms. The molecular formula is C10H22O. The van der Waals surface area contributed by atoms with E-state index < -0.39 is 5.60 Å². The second kappa shape index (κ2) is 5.59. The van der Waals surface area contributed by atoms with Gasteiger partial charge in [-0.05, 0) is 19.8 Å². The van der Waals surface area contributed by atoms with Crippen LogP contribution in [0, 0.1) is 0 Å². The van der Waals surface area contributed by atoms with Crippen LogP contribution in [0.5, 0.6) is 0 Å². The SMILES string of the molecule is CCCCC[C@](C)(O)CCC. The Morgan fingerprint density at radius 2 is 1.64 bits per heavy atom. The number of unbranched alkanes of at least 4 members (excludes halogenated alkanes) is 2. The molecule has 0 rings (SSSR count). The van der Waals surface area contributed by atoms with E-state index in [4.69, 9.17) is 0 Å². The zero-order valence-electron chi connectivity index (χ0n) is 8.19. The molecule has 0 saturated heterocycles. The maximum Gasteiger partial charge on any atom is 0.0619 e. The first-order valence-electron chi connectivity index (χ1n) is 4.84. The molecule has 1 N–H and O–H groups in total. The standard InChI is InChI=1S/C10H22O/c1-4-6-7-9-10(3,11)8-5-2/h11H,4-9H2,1-3H3/t10-/m1/s1. The topological polar surface area (TPSA) is 20.2 Å². The fraction of sp³-hybridized carbons (Fsp3) is 1.00. The van der Waals surface area contributed by atoms with Crippen LogP contribution < -0.4 is 0 Å². The van der Waals surface area contributed by atoms with E-state index in [1.807, 2.05) is 6.92 Å². The molecular weight excluding hydrogens is 136 g/mol. The van der Waals surface area contributed by atoms with Crippen LogP contribution >= 0.6 is 0 Å². The first-order valence-corrected chi connectivity index (χ1v) is 4.84. The number of rotatable bonds is 6. The summed E-state index contributed by atoms with van der Waals surface area (Å²) in [5.41, 5.74) is -0.399. The van der Waals surface area contributed by atoms with E-state index in [0.717, 1.165) is 19.3 Å². The molecule has 0 aliphatic carbocycles. The maximum atomic E-state index is 9.74. The predicted molar refractivity (Wildman–Crippen MR) is 49.7 cm³/mol. The lowest BCUT2D eigenvalue weighted by Gasteiger charge is -2.22. The van der Waals surface area contributed by atoms with Crippen LogP contribution in [-0.4, -0.2) is 10.7 Å². The summed E-state index contributed by atoms with van der Waals surface area (Å²) in [6, 6.07) is 0. The smallest absolute Gasteiger partial charge is 0.0619 e. The Morgan fingerprint density at radius 3 is 2.09 bits per heavy atom. The third kappa shape index (κ3) is 6.36. The van der Waals surface area contributed by atoms with Crippen molar-refractivity contribution in [3.05, 3.63) is 0 Å². The van der Waals surface area contributed by atoms with Gasteiger partial charge in [0.25, 0.3) is 0 Å². The van der Waals surface area contributed by atoms with Crippen LogP contribution in [0.2, 0.25) is 0 Å². The van der Waals surface area contributed by atoms with Crippen molar-refractivity contribution < 1.29 is 5.11 Å². The van der Waals surface area contributed by atoms with Crippen molar-refractivity contribution in [2.45, 2.75) is 64.9 Å². The normalized spacial score (nSPS) is 16.4. The van der Waals surface area contributed by atoms with Gasteiger partial charge in [0.15, 0.2) is 0 Å². The minimum Gasteiger partial charge on any atom is -0.390 e. The molecule has 0 aromatic heterocycles. The third-order valence-corrected chi connectivity index (χ3v) is 2.11. The summed E-state index contributed by atoms with van der Waals surface area (Å²) in [4.78, 5) is 0. The third-order valence-electron chi connectivity index (χ3n) is 2.11. The second-order valence-corrected chi connectivity index (χ2v) is 3.70. The molecule has 1 heteroatoms. The molecule has 0 saturated carbocycles. The van der Waals surface area contributed by atoms with Crippen molar-refractivity contribution in [3.63, 3.8) is 0 Å². The van der Waals surface area contributed by atoms with E-state index in [2.05, 4.69) is 13.8 Å². The zero-order chi connectivity index (χ0) is 8.74. The van der Waals surface area contributed by atoms with Gasteiger partial charge in [-0.15, -0.1) is 0 Å². The highest BCUT2D eigenvalue weighted by atomic mass is 16.3. The molecule has 11 heavy (non-hydrogen) atoms. The Kier molecular flexibility index (Phi) is 5.57. The summed E-state index contributed by atoms with van der Waals surface area (Å²) in [6.45, 7) is 6.26. The van der Waals surface area contributed by atoms with E-state index in [0.29, 0.717) is 0 Å². The van der Waals surface area contributed by atoms with Gasteiger partial charge in [-0.3, -0.25) is 0 Å². The van der Waals surface area contributed by atoms with Crippen molar-refractivity contribution in [3.8, 4) is 0 Å². The average molecular weight is 158 g/mol. The first-order chi connectivity index (χ1) is 5.12. The average Bonchev–Trinajstić information content (AvgIpc) is 1.87. The highest BCUT2D eigenvalue weighted by molar-refractivity contribution is 4.70. The van der Waals surface area contributed by atoms with Crippen LogP contribution in [0.1, 0.15) is 59.3 Å².